The van der Waals surface area contributed by atoms with E-state index < -0.39 is 0 Å². The van der Waals surface area contributed by atoms with E-state index in [-0.39, 0.29) is 5.75 Å². The molecule has 0 amide bonds. The second kappa shape index (κ2) is 7.61. The Morgan fingerprint density at radius 1 is 1.19 bits per heavy atom. The first-order chi connectivity index (χ1) is 10.2. The van der Waals surface area contributed by atoms with Crippen molar-refractivity contribution in [2.24, 2.45) is 0 Å². The monoisotopic (exact) mass is 294 g/mol. The second-order valence-corrected chi connectivity index (χ2v) is 4.26. The molecule has 21 heavy (non-hydrogen) atoms. The van der Waals surface area contributed by atoms with Crippen LogP contribution in [0.15, 0.2) is 22.7 Å². The lowest BCUT2D eigenvalue weighted by molar-refractivity contribution is 0.0714. The molecule has 0 fully saturated rings. The van der Waals surface area contributed by atoms with Crippen molar-refractivity contribution in [3.8, 4) is 23.0 Å². The maximum Gasteiger partial charge on any atom is 0.258 e. The molecule has 0 atom stereocenters. The van der Waals surface area contributed by atoms with Crippen LogP contribution in [0.2, 0.25) is 0 Å². The summed E-state index contributed by atoms with van der Waals surface area (Å²) in [5.74, 6) is 1.32. The average molecular weight is 294 g/mol. The number of ether oxygens (including phenoxy) is 3. The van der Waals surface area contributed by atoms with E-state index in [0.717, 1.165) is 0 Å². The summed E-state index contributed by atoms with van der Waals surface area (Å²) >= 11 is 0. The number of benzene rings is 1. The number of aromatic hydroxyl groups is 1. The number of hydrogen-bond acceptors (Lipinski definition) is 7. The molecule has 2 aromatic rings. The molecule has 1 heterocycles. The van der Waals surface area contributed by atoms with Crippen molar-refractivity contribution in [1.29, 1.82) is 0 Å². The Morgan fingerprint density at radius 2 is 2.05 bits per heavy atom. The lowest BCUT2D eigenvalue weighted by atomic mass is 10.2. The maximum atomic E-state index is 9.74. The van der Waals surface area contributed by atoms with E-state index >= 15 is 0 Å². The van der Waals surface area contributed by atoms with Crippen LogP contribution in [-0.4, -0.2) is 49.3 Å². The van der Waals surface area contributed by atoms with Crippen molar-refractivity contribution in [2.75, 3.05) is 34.0 Å². The predicted molar refractivity (Wildman–Crippen MR) is 74.3 cm³/mol. The highest BCUT2D eigenvalue weighted by molar-refractivity contribution is 5.59. The van der Waals surface area contributed by atoms with Gasteiger partial charge in [0.25, 0.3) is 5.89 Å². The van der Waals surface area contributed by atoms with Crippen molar-refractivity contribution < 1.29 is 23.8 Å². The van der Waals surface area contributed by atoms with E-state index in [2.05, 4.69) is 10.1 Å². The Labute approximate surface area is 122 Å². The molecular weight excluding hydrogens is 276 g/mol. The van der Waals surface area contributed by atoms with Crippen LogP contribution >= 0.6 is 0 Å². The molecule has 0 aliphatic rings. The van der Waals surface area contributed by atoms with Crippen LogP contribution in [0.1, 0.15) is 5.82 Å². The first-order valence-electron chi connectivity index (χ1n) is 6.51. The zero-order valence-corrected chi connectivity index (χ0v) is 12.0. The molecule has 0 radical (unpaired) electrons. The first-order valence-corrected chi connectivity index (χ1v) is 6.51. The molecule has 2 rings (SSSR count). The van der Waals surface area contributed by atoms with Crippen LogP contribution in [0.3, 0.4) is 0 Å². The van der Waals surface area contributed by atoms with Crippen molar-refractivity contribution in [3.05, 3.63) is 24.0 Å². The summed E-state index contributed by atoms with van der Waals surface area (Å²) in [5, 5.41) is 13.6. The number of phenols is 1. The molecular formula is C14H18N2O5. The van der Waals surface area contributed by atoms with Crippen LogP contribution in [0.5, 0.6) is 11.5 Å². The highest BCUT2D eigenvalue weighted by Crippen LogP contribution is 2.30. The molecule has 0 spiro atoms. The zero-order valence-electron chi connectivity index (χ0n) is 12.0. The Morgan fingerprint density at radius 3 is 2.76 bits per heavy atom. The van der Waals surface area contributed by atoms with E-state index in [4.69, 9.17) is 18.7 Å². The van der Waals surface area contributed by atoms with Crippen molar-refractivity contribution in [2.45, 2.75) is 6.42 Å². The summed E-state index contributed by atoms with van der Waals surface area (Å²) in [4.78, 5) is 4.25. The van der Waals surface area contributed by atoms with Gasteiger partial charge in [-0.05, 0) is 18.2 Å². The topological polar surface area (TPSA) is 86.8 Å². The Hall–Kier alpha value is -2.12. The van der Waals surface area contributed by atoms with Gasteiger partial charge in [-0.25, -0.2) is 0 Å². The van der Waals surface area contributed by atoms with Gasteiger partial charge < -0.3 is 23.8 Å². The molecule has 0 aliphatic heterocycles. The van der Waals surface area contributed by atoms with Gasteiger partial charge in [-0.2, -0.15) is 4.98 Å². The maximum absolute atomic E-state index is 9.74. The number of aromatic nitrogens is 2. The van der Waals surface area contributed by atoms with Crippen molar-refractivity contribution >= 4 is 0 Å². The van der Waals surface area contributed by atoms with E-state index in [9.17, 15) is 5.11 Å². The fourth-order valence-electron chi connectivity index (χ4n) is 1.70. The van der Waals surface area contributed by atoms with Crippen LogP contribution in [0.25, 0.3) is 11.5 Å². The van der Waals surface area contributed by atoms with Gasteiger partial charge in [0.1, 0.15) is 0 Å². The summed E-state index contributed by atoms with van der Waals surface area (Å²) < 4.78 is 20.4. The summed E-state index contributed by atoms with van der Waals surface area (Å²) in [5.41, 5.74) is 0.632. The summed E-state index contributed by atoms with van der Waals surface area (Å²) in [6.45, 7) is 1.59. The molecule has 1 N–H and O–H groups in total. The normalized spacial score (nSPS) is 10.8. The van der Waals surface area contributed by atoms with E-state index in [1.165, 1.54) is 13.2 Å². The highest BCUT2D eigenvalue weighted by atomic mass is 16.5. The van der Waals surface area contributed by atoms with Crippen LogP contribution in [-0.2, 0) is 15.9 Å². The third-order valence-corrected chi connectivity index (χ3v) is 2.80. The summed E-state index contributed by atoms with van der Waals surface area (Å²) in [7, 11) is 3.11. The number of hydrogen-bond donors (Lipinski definition) is 1. The minimum atomic E-state index is 0.0256. The van der Waals surface area contributed by atoms with Crippen LogP contribution < -0.4 is 4.74 Å². The van der Waals surface area contributed by atoms with Gasteiger partial charge in [0, 0.05) is 19.1 Å². The van der Waals surface area contributed by atoms with Gasteiger partial charge in [0.05, 0.1) is 26.9 Å². The Kier molecular flexibility index (Phi) is 5.53. The smallest absolute Gasteiger partial charge is 0.258 e. The highest BCUT2D eigenvalue weighted by Gasteiger charge is 2.11. The quantitative estimate of drug-likeness (QED) is 0.741. The minimum Gasteiger partial charge on any atom is -0.504 e. The predicted octanol–water partition coefficient (Wildman–Crippen LogP) is 1.66. The van der Waals surface area contributed by atoms with E-state index in [1.807, 2.05) is 0 Å². The van der Waals surface area contributed by atoms with E-state index in [0.29, 0.717) is 49.3 Å². The summed E-state index contributed by atoms with van der Waals surface area (Å²) in [6.07, 6.45) is 0.551. The number of phenolic OH excluding ortho intramolecular Hbond substituents is 1. The molecule has 0 aliphatic carbocycles. The fraction of sp³-hybridized carbons (Fsp3) is 0.429. The lowest BCUT2D eigenvalue weighted by Crippen LogP contribution is -2.05. The molecule has 114 valence electrons. The van der Waals surface area contributed by atoms with Gasteiger partial charge in [0.15, 0.2) is 17.3 Å². The summed E-state index contributed by atoms with van der Waals surface area (Å²) in [6, 6.07) is 4.90. The largest absolute Gasteiger partial charge is 0.504 e. The molecule has 7 heteroatoms. The van der Waals surface area contributed by atoms with Gasteiger partial charge in [-0.15, -0.1) is 0 Å². The minimum absolute atomic E-state index is 0.0256. The van der Waals surface area contributed by atoms with Crippen LogP contribution in [0, 0.1) is 0 Å². The van der Waals surface area contributed by atoms with Gasteiger partial charge in [-0.3, -0.25) is 0 Å². The second-order valence-electron chi connectivity index (χ2n) is 4.26. The van der Waals surface area contributed by atoms with Gasteiger partial charge in [0.2, 0.25) is 0 Å². The standard InChI is InChI=1S/C14H18N2O5/c1-18-7-8-20-6-5-13-15-14(21-16-13)10-3-4-12(19-2)11(17)9-10/h3-4,9,17H,5-8H2,1-2H3. The number of methoxy groups -OCH3 is 2. The Balaban J connectivity index is 1.94. The molecule has 1 aromatic heterocycles. The third kappa shape index (κ3) is 4.17. The fourth-order valence-corrected chi connectivity index (χ4v) is 1.70. The average Bonchev–Trinajstić information content (AvgIpc) is 2.96. The lowest BCUT2D eigenvalue weighted by Gasteiger charge is -2.03. The van der Waals surface area contributed by atoms with Gasteiger partial charge >= 0.3 is 0 Å². The number of rotatable bonds is 8. The van der Waals surface area contributed by atoms with E-state index in [1.54, 1.807) is 19.2 Å². The van der Waals surface area contributed by atoms with Crippen molar-refractivity contribution in [3.63, 3.8) is 0 Å². The Bertz CT molecular complexity index is 570. The van der Waals surface area contributed by atoms with Crippen LogP contribution in [0.4, 0.5) is 0 Å². The molecule has 0 unspecified atom stereocenters. The zero-order chi connectivity index (χ0) is 15.1. The molecule has 0 saturated carbocycles. The molecule has 7 nitrogen and oxygen atoms in total. The molecule has 1 aromatic carbocycles. The van der Waals surface area contributed by atoms with Gasteiger partial charge in [-0.1, -0.05) is 5.16 Å². The van der Waals surface area contributed by atoms with Crippen molar-refractivity contribution in [1.82, 2.24) is 10.1 Å². The first kappa shape index (κ1) is 15.3. The molecule has 0 saturated heterocycles. The molecule has 0 bridgehead atoms. The number of nitrogens with zero attached hydrogens (tertiary/aromatic N) is 2. The third-order valence-electron chi connectivity index (χ3n) is 2.80. The SMILES string of the molecule is COCCOCCc1noc(-c2ccc(OC)c(O)c2)n1.